The van der Waals surface area contributed by atoms with E-state index in [2.05, 4.69) is 41.4 Å². The fraction of sp³-hybridized carbons (Fsp3) is 0.375. The Kier molecular flexibility index (Phi) is 3.52. The van der Waals surface area contributed by atoms with Gasteiger partial charge in [0.15, 0.2) is 5.82 Å². The summed E-state index contributed by atoms with van der Waals surface area (Å²) in [4.78, 5) is 4.77. The molecule has 3 rings (SSSR count). The van der Waals surface area contributed by atoms with Gasteiger partial charge in [0.1, 0.15) is 0 Å². The number of pyridine rings is 1. The van der Waals surface area contributed by atoms with Crippen LogP contribution in [0, 0.1) is 5.41 Å². The zero-order valence-electron chi connectivity index (χ0n) is 13.0. The number of nitrogens with zero attached hydrogens (tertiary/aromatic N) is 4. The van der Waals surface area contributed by atoms with E-state index < -0.39 is 0 Å². The molecule has 0 saturated heterocycles. The van der Waals surface area contributed by atoms with Crippen molar-refractivity contribution >= 4 is 16.6 Å². The van der Waals surface area contributed by atoms with Crippen molar-refractivity contribution in [1.82, 2.24) is 25.6 Å². The third-order valence-electron chi connectivity index (χ3n) is 3.60. The van der Waals surface area contributed by atoms with Crippen molar-refractivity contribution in [3.05, 3.63) is 41.9 Å². The van der Waals surface area contributed by atoms with E-state index in [1.54, 1.807) is 0 Å². The fourth-order valence-electron chi connectivity index (χ4n) is 2.67. The first-order chi connectivity index (χ1) is 10.4. The lowest BCUT2D eigenvalue weighted by molar-refractivity contribution is 0.350. The van der Waals surface area contributed by atoms with Crippen LogP contribution in [0.5, 0.6) is 0 Å². The molecular weight excluding hydrogens is 276 g/mol. The van der Waals surface area contributed by atoms with E-state index in [-0.39, 0.29) is 11.3 Å². The number of para-hydroxylation sites is 1. The molecule has 0 aliphatic rings. The summed E-state index contributed by atoms with van der Waals surface area (Å²) < 4.78 is 0. The molecule has 114 valence electrons. The summed E-state index contributed by atoms with van der Waals surface area (Å²) in [6.07, 6.45) is 0.835. The normalized spacial score (nSPS) is 13.4. The Morgan fingerprint density at radius 3 is 2.68 bits per heavy atom. The maximum Gasteiger partial charge on any atom is 0.183 e. The molecule has 1 unspecified atom stereocenters. The lowest BCUT2D eigenvalue weighted by Gasteiger charge is -2.24. The summed E-state index contributed by atoms with van der Waals surface area (Å²) in [7, 11) is 0. The minimum Gasteiger partial charge on any atom is -0.397 e. The van der Waals surface area contributed by atoms with Gasteiger partial charge in [0, 0.05) is 5.39 Å². The first kappa shape index (κ1) is 14.4. The number of H-pyrrole nitrogens is 1. The Labute approximate surface area is 129 Å². The lowest BCUT2D eigenvalue weighted by Crippen LogP contribution is -2.17. The molecule has 0 bridgehead atoms. The van der Waals surface area contributed by atoms with Crippen LogP contribution in [0.15, 0.2) is 30.3 Å². The standard InChI is InChI=1S/C16H20N6/c1-16(2,3)9-11(15-19-21-22-20-15)14-12(17)8-10-6-4-5-7-13(10)18-14/h4-8,11H,9,17H2,1-3H3,(H,19,20,21,22). The van der Waals surface area contributed by atoms with E-state index in [0.29, 0.717) is 11.5 Å². The number of tetrazole rings is 1. The maximum atomic E-state index is 6.26. The number of aromatic amines is 1. The van der Waals surface area contributed by atoms with Gasteiger partial charge in [0.2, 0.25) is 0 Å². The number of nitrogen functional groups attached to an aromatic ring is 1. The number of nitrogens with one attached hydrogen (secondary N) is 1. The number of anilines is 1. The molecule has 0 fully saturated rings. The highest BCUT2D eigenvalue weighted by Gasteiger charge is 2.28. The monoisotopic (exact) mass is 296 g/mol. The predicted octanol–water partition coefficient (Wildman–Crippen LogP) is 2.90. The second-order valence-corrected chi connectivity index (χ2v) is 6.74. The van der Waals surface area contributed by atoms with Gasteiger partial charge in [-0.15, -0.1) is 10.2 Å². The van der Waals surface area contributed by atoms with Crippen molar-refractivity contribution in [3.8, 4) is 0 Å². The summed E-state index contributed by atoms with van der Waals surface area (Å²) in [5.74, 6) is 0.549. The number of rotatable bonds is 3. The number of aromatic nitrogens is 5. The van der Waals surface area contributed by atoms with Gasteiger partial charge in [0.25, 0.3) is 0 Å². The van der Waals surface area contributed by atoms with E-state index in [4.69, 9.17) is 10.7 Å². The molecule has 6 nitrogen and oxygen atoms in total. The number of hydrogen-bond acceptors (Lipinski definition) is 5. The Balaban J connectivity index is 2.13. The highest BCUT2D eigenvalue weighted by molar-refractivity contribution is 5.82. The average Bonchev–Trinajstić information content (AvgIpc) is 2.97. The Bertz CT molecular complexity index is 773. The maximum absolute atomic E-state index is 6.26. The van der Waals surface area contributed by atoms with Crippen LogP contribution in [-0.2, 0) is 0 Å². The summed E-state index contributed by atoms with van der Waals surface area (Å²) in [5, 5.41) is 15.6. The topological polar surface area (TPSA) is 93.4 Å². The highest BCUT2D eigenvalue weighted by Crippen LogP contribution is 2.36. The molecule has 6 heteroatoms. The molecule has 0 aliphatic carbocycles. The van der Waals surface area contributed by atoms with E-state index in [9.17, 15) is 0 Å². The van der Waals surface area contributed by atoms with Gasteiger partial charge in [-0.1, -0.05) is 44.2 Å². The van der Waals surface area contributed by atoms with Crippen molar-refractivity contribution in [2.24, 2.45) is 5.41 Å². The second-order valence-electron chi connectivity index (χ2n) is 6.74. The molecular formula is C16H20N6. The largest absolute Gasteiger partial charge is 0.397 e. The summed E-state index contributed by atoms with van der Waals surface area (Å²) in [6.45, 7) is 6.53. The number of fused-ring (bicyclic) bond motifs is 1. The van der Waals surface area contributed by atoms with Crippen molar-refractivity contribution in [2.45, 2.75) is 33.1 Å². The molecule has 1 aromatic carbocycles. The van der Waals surface area contributed by atoms with Crippen LogP contribution in [0.25, 0.3) is 10.9 Å². The SMILES string of the molecule is CC(C)(C)CC(c1nn[nH]n1)c1nc2ccccc2cc1N. The Hall–Kier alpha value is -2.50. The molecule has 0 aliphatic heterocycles. The third kappa shape index (κ3) is 2.90. The van der Waals surface area contributed by atoms with Crippen LogP contribution in [0.1, 0.15) is 44.6 Å². The van der Waals surface area contributed by atoms with E-state index in [1.807, 2.05) is 30.3 Å². The fourth-order valence-corrected chi connectivity index (χ4v) is 2.67. The zero-order chi connectivity index (χ0) is 15.7. The van der Waals surface area contributed by atoms with Gasteiger partial charge in [-0.05, 0) is 24.0 Å². The van der Waals surface area contributed by atoms with Crippen molar-refractivity contribution in [1.29, 1.82) is 0 Å². The Morgan fingerprint density at radius 2 is 2.00 bits per heavy atom. The molecule has 3 N–H and O–H groups in total. The van der Waals surface area contributed by atoms with Gasteiger partial charge in [0.05, 0.1) is 22.8 Å². The molecule has 3 aromatic rings. The zero-order valence-corrected chi connectivity index (χ0v) is 13.0. The third-order valence-corrected chi connectivity index (χ3v) is 3.60. The molecule has 22 heavy (non-hydrogen) atoms. The van der Waals surface area contributed by atoms with Gasteiger partial charge in [-0.25, -0.2) is 4.98 Å². The van der Waals surface area contributed by atoms with Crippen LogP contribution >= 0.6 is 0 Å². The van der Waals surface area contributed by atoms with Crippen LogP contribution in [0.3, 0.4) is 0 Å². The van der Waals surface area contributed by atoms with Gasteiger partial charge >= 0.3 is 0 Å². The molecule has 1 atom stereocenters. The number of hydrogen-bond donors (Lipinski definition) is 2. The minimum absolute atomic E-state index is 0.0802. The molecule has 0 radical (unpaired) electrons. The molecule has 0 spiro atoms. The Morgan fingerprint density at radius 1 is 1.23 bits per heavy atom. The first-order valence-corrected chi connectivity index (χ1v) is 7.32. The molecule has 2 heterocycles. The van der Waals surface area contributed by atoms with Crippen LogP contribution < -0.4 is 5.73 Å². The smallest absolute Gasteiger partial charge is 0.183 e. The molecule has 0 saturated carbocycles. The van der Waals surface area contributed by atoms with Crippen molar-refractivity contribution < 1.29 is 0 Å². The highest BCUT2D eigenvalue weighted by atomic mass is 15.5. The van der Waals surface area contributed by atoms with Crippen LogP contribution in [0.2, 0.25) is 0 Å². The van der Waals surface area contributed by atoms with Gasteiger partial charge < -0.3 is 5.73 Å². The quantitative estimate of drug-likeness (QED) is 0.775. The minimum atomic E-state index is -0.0802. The summed E-state index contributed by atoms with van der Waals surface area (Å²) in [6, 6.07) is 9.92. The predicted molar refractivity (Wildman–Crippen MR) is 86.2 cm³/mol. The average molecular weight is 296 g/mol. The number of nitrogens with two attached hydrogens (primary N) is 1. The lowest BCUT2D eigenvalue weighted by atomic mass is 9.82. The van der Waals surface area contributed by atoms with Crippen LogP contribution in [-0.4, -0.2) is 25.6 Å². The van der Waals surface area contributed by atoms with E-state index in [1.165, 1.54) is 0 Å². The second kappa shape index (κ2) is 5.36. The molecule has 0 amide bonds. The van der Waals surface area contributed by atoms with Gasteiger partial charge in [-0.2, -0.15) is 5.21 Å². The van der Waals surface area contributed by atoms with Crippen molar-refractivity contribution in [3.63, 3.8) is 0 Å². The number of benzene rings is 1. The van der Waals surface area contributed by atoms with Crippen molar-refractivity contribution in [2.75, 3.05) is 5.73 Å². The molecule has 2 aromatic heterocycles. The van der Waals surface area contributed by atoms with E-state index >= 15 is 0 Å². The first-order valence-electron chi connectivity index (χ1n) is 7.32. The van der Waals surface area contributed by atoms with E-state index in [0.717, 1.165) is 23.0 Å². The van der Waals surface area contributed by atoms with Crippen LogP contribution in [0.4, 0.5) is 5.69 Å². The summed E-state index contributed by atoms with van der Waals surface area (Å²) in [5.41, 5.74) is 8.76. The van der Waals surface area contributed by atoms with Gasteiger partial charge in [-0.3, -0.25) is 0 Å². The summed E-state index contributed by atoms with van der Waals surface area (Å²) >= 11 is 0.